The smallest absolute Gasteiger partial charge is 0.224 e. The van der Waals surface area contributed by atoms with Gasteiger partial charge < -0.3 is 9.52 Å². The van der Waals surface area contributed by atoms with Gasteiger partial charge in [0.05, 0.1) is 6.26 Å². The number of aliphatic hydroxyl groups is 1. The van der Waals surface area contributed by atoms with Crippen molar-refractivity contribution in [2.75, 3.05) is 0 Å². The molecule has 0 saturated carbocycles. The number of rotatable bonds is 3. The lowest BCUT2D eigenvalue weighted by molar-refractivity contribution is 0.102. The van der Waals surface area contributed by atoms with Gasteiger partial charge in [-0.25, -0.2) is 0 Å². The molecule has 1 N–H and O–H groups in total. The molecule has 0 radical (unpaired) electrons. The molecule has 2 aromatic rings. The molecule has 0 aliphatic heterocycles. The normalized spacial score (nSPS) is 11.4. The van der Waals surface area contributed by atoms with Gasteiger partial charge in [0, 0.05) is 11.6 Å². The van der Waals surface area contributed by atoms with Crippen LogP contribution in [0, 0.1) is 0 Å². The molecule has 0 saturated heterocycles. The number of carbonyl (C=O) groups is 1. The minimum absolute atomic E-state index is 0.0676. The van der Waals surface area contributed by atoms with Crippen molar-refractivity contribution in [2.45, 2.75) is 0 Å². The molecule has 1 aromatic carbocycles. The van der Waals surface area contributed by atoms with E-state index in [4.69, 9.17) is 4.42 Å². The summed E-state index contributed by atoms with van der Waals surface area (Å²) in [5.74, 6) is -0.212. The van der Waals surface area contributed by atoms with Crippen LogP contribution >= 0.6 is 0 Å². The largest absolute Gasteiger partial charge is 0.507 e. The quantitative estimate of drug-likeness (QED) is 0.485. The van der Waals surface area contributed by atoms with E-state index in [0.29, 0.717) is 5.56 Å². The van der Waals surface area contributed by atoms with Crippen molar-refractivity contribution in [1.82, 2.24) is 0 Å². The molecule has 0 spiro atoms. The number of hydrogen-bond donors (Lipinski definition) is 1. The predicted octanol–water partition coefficient (Wildman–Crippen LogP) is 3.06. The highest BCUT2D eigenvalue weighted by atomic mass is 16.3. The van der Waals surface area contributed by atoms with E-state index >= 15 is 0 Å². The molecule has 0 amide bonds. The molecule has 3 heteroatoms. The number of hydrogen-bond acceptors (Lipinski definition) is 3. The van der Waals surface area contributed by atoms with Crippen LogP contribution in [-0.2, 0) is 0 Å². The molecule has 2 rings (SSSR count). The Balaban J connectivity index is 2.23. The van der Waals surface area contributed by atoms with E-state index in [1.165, 1.54) is 6.26 Å². The first-order valence-corrected chi connectivity index (χ1v) is 4.81. The van der Waals surface area contributed by atoms with Crippen LogP contribution in [-0.4, -0.2) is 10.9 Å². The summed E-state index contributed by atoms with van der Waals surface area (Å²) >= 11 is 0. The molecule has 16 heavy (non-hydrogen) atoms. The van der Waals surface area contributed by atoms with Crippen LogP contribution in [0.1, 0.15) is 16.1 Å². The third-order valence-corrected chi connectivity index (χ3v) is 2.10. The minimum atomic E-state index is -0.355. The molecule has 3 nitrogen and oxygen atoms in total. The SMILES string of the molecule is O=C(C=C(O)c1ccccc1)c1ccco1. The zero-order valence-corrected chi connectivity index (χ0v) is 8.46. The number of benzene rings is 1. The number of ketones is 1. The second kappa shape index (κ2) is 4.49. The summed E-state index contributed by atoms with van der Waals surface area (Å²) in [6.07, 6.45) is 2.56. The summed E-state index contributed by atoms with van der Waals surface area (Å²) in [5, 5.41) is 9.69. The summed E-state index contributed by atoms with van der Waals surface area (Å²) in [4.78, 5) is 11.6. The lowest BCUT2D eigenvalue weighted by Gasteiger charge is -1.98. The van der Waals surface area contributed by atoms with Crippen LogP contribution in [0.3, 0.4) is 0 Å². The second-order valence-corrected chi connectivity index (χ2v) is 3.24. The van der Waals surface area contributed by atoms with Crippen LogP contribution in [0.25, 0.3) is 5.76 Å². The third-order valence-electron chi connectivity index (χ3n) is 2.10. The van der Waals surface area contributed by atoms with Gasteiger partial charge in [-0.2, -0.15) is 0 Å². The molecule has 0 fully saturated rings. The highest BCUT2D eigenvalue weighted by Gasteiger charge is 2.07. The van der Waals surface area contributed by atoms with Gasteiger partial charge in [-0.15, -0.1) is 0 Å². The number of furan rings is 1. The summed E-state index contributed by atoms with van der Waals surface area (Å²) in [6, 6.07) is 12.0. The fourth-order valence-electron chi connectivity index (χ4n) is 1.31. The van der Waals surface area contributed by atoms with Crippen molar-refractivity contribution in [3.8, 4) is 0 Å². The van der Waals surface area contributed by atoms with Gasteiger partial charge in [0.25, 0.3) is 0 Å². The average molecular weight is 214 g/mol. The van der Waals surface area contributed by atoms with Gasteiger partial charge in [-0.05, 0) is 12.1 Å². The van der Waals surface area contributed by atoms with Crippen molar-refractivity contribution in [3.63, 3.8) is 0 Å². The third kappa shape index (κ3) is 2.20. The molecule has 0 aliphatic rings. The van der Waals surface area contributed by atoms with Gasteiger partial charge in [-0.1, -0.05) is 30.3 Å². The Bertz CT molecular complexity index is 495. The molecule has 0 atom stereocenters. The molecule has 0 unspecified atom stereocenters. The lowest BCUT2D eigenvalue weighted by Crippen LogP contribution is -1.94. The number of allylic oxidation sites excluding steroid dienone is 1. The molecule has 1 aromatic heterocycles. The highest BCUT2D eigenvalue weighted by molar-refractivity contribution is 6.05. The van der Waals surface area contributed by atoms with Gasteiger partial charge in [-0.3, -0.25) is 4.79 Å². The number of carbonyl (C=O) groups excluding carboxylic acids is 1. The van der Waals surface area contributed by atoms with Crippen molar-refractivity contribution >= 4 is 11.5 Å². The highest BCUT2D eigenvalue weighted by Crippen LogP contribution is 2.12. The van der Waals surface area contributed by atoms with Crippen molar-refractivity contribution in [3.05, 3.63) is 66.1 Å². The molecule has 1 heterocycles. The summed E-state index contributed by atoms with van der Waals surface area (Å²) in [7, 11) is 0. The Labute approximate surface area is 92.6 Å². The topological polar surface area (TPSA) is 50.4 Å². The van der Waals surface area contributed by atoms with E-state index in [-0.39, 0.29) is 17.3 Å². The fraction of sp³-hybridized carbons (Fsp3) is 0. The Hall–Kier alpha value is -2.29. The maximum Gasteiger partial charge on any atom is 0.224 e. The van der Waals surface area contributed by atoms with Crippen LogP contribution in [0.15, 0.2) is 59.2 Å². The van der Waals surface area contributed by atoms with Gasteiger partial charge in [0.2, 0.25) is 5.78 Å². The molecular weight excluding hydrogens is 204 g/mol. The average Bonchev–Trinajstić information content (AvgIpc) is 2.83. The summed E-state index contributed by atoms with van der Waals surface area (Å²) in [6.45, 7) is 0. The van der Waals surface area contributed by atoms with E-state index < -0.39 is 0 Å². The zero-order chi connectivity index (χ0) is 11.4. The van der Waals surface area contributed by atoms with E-state index in [9.17, 15) is 9.90 Å². The first-order chi connectivity index (χ1) is 7.77. The molecule has 0 aliphatic carbocycles. The van der Waals surface area contributed by atoms with Gasteiger partial charge >= 0.3 is 0 Å². The van der Waals surface area contributed by atoms with E-state index in [1.807, 2.05) is 6.07 Å². The van der Waals surface area contributed by atoms with Crippen molar-refractivity contribution < 1.29 is 14.3 Å². The molecule has 0 bridgehead atoms. The standard InChI is InChI=1S/C13H10O3/c14-11(10-5-2-1-3-6-10)9-12(15)13-7-4-8-16-13/h1-9,14H. The zero-order valence-electron chi connectivity index (χ0n) is 8.46. The minimum Gasteiger partial charge on any atom is -0.507 e. The first-order valence-electron chi connectivity index (χ1n) is 4.81. The van der Waals surface area contributed by atoms with Crippen molar-refractivity contribution in [2.24, 2.45) is 0 Å². The molecular formula is C13H10O3. The van der Waals surface area contributed by atoms with Crippen molar-refractivity contribution in [1.29, 1.82) is 0 Å². The Morgan fingerprint density at radius 1 is 1.12 bits per heavy atom. The second-order valence-electron chi connectivity index (χ2n) is 3.24. The summed E-state index contributed by atoms with van der Waals surface area (Å²) < 4.78 is 4.93. The van der Waals surface area contributed by atoms with Crippen LogP contribution in [0.2, 0.25) is 0 Å². The maximum absolute atomic E-state index is 11.6. The van der Waals surface area contributed by atoms with E-state index in [0.717, 1.165) is 6.08 Å². The van der Waals surface area contributed by atoms with Crippen LogP contribution in [0.5, 0.6) is 0 Å². The Morgan fingerprint density at radius 3 is 2.50 bits per heavy atom. The monoisotopic (exact) mass is 214 g/mol. The van der Waals surface area contributed by atoms with E-state index in [2.05, 4.69) is 0 Å². The first kappa shape index (κ1) is 10.2. The fourth-order valence-corrected chi connectivity index (χ4v) is 1.31. The summed E-state index contributed by atoms with van der Waals surface area (Å²) in [5.41, 5.74) is 0.599. The van der Waals surface area contributed by atoms with Crippen LogP contribution in [0.4, 0.5) is 0 Å². The van der Waals surface area contributed by atoms with E-state index in [1.54, 1.807) is 36.4 Å². The maximum atomic E-state index is 11.6. The van der Waals surface area contributed by atoms with Gasteiger partial charge in [0.15, 0.2) is 5.76 Å². The molecule has 80 valence electrons. The Kier molecular flexibility index (Phi) is 2.87. The Morgan fingerprint density at radius 2 is 1.88 bits per heavy atom. The lowest BCUT2D eigenvalue weighted by atomic mass is 10.1. The number of aliphatic hydroxyl groups excluding tert-OH is 1. The predicted molar refractivity (Wildman–Crippen MR) is 60.1 cm³/mol. The van der Waals surface area contributed by atoms with Crippen LogP contribution < -0.4 is 0 Å². The van der Waals surface area contributed by atoms with Gasteiger partial charge in [0.1, 0.15) is 5.76 Å².